The molecule has 0 unspecified atom stereocenters. The number of amides is 1. The van der Waals surface area contributed by atoms with Crippen molar-refractivity contribution in [2.45, 2.75) is 19.8 Å². The number of hydrogen-bond acceptors (Lipinski definition) is 6. The molecule has 1 saturated heterocycles. The normalized spacial score (nSPS) is 13.6. The summed E-state index contributed by atoms with van der Waals surface area (Å²) in [4.78, 5) is 21.7. The van der Waals surface area contributed by atoms with Gasteiger partial charge in [0, 0.05) is 31.8 Å². The number of rotatable bonds is 7. The van der Waals surface area contributed by atoms with E-state index >= 15 is 0 Å². The summed E-state index contributed by atoms with van der Waals surface area (Å²) in [5.74, 6) is 2.45. The molecule has 1 aromatic heterocycles. The first-order chi connectivity index (χ1) is 12.2. The summed E-state index contributed by atoms with van der Waals surface area (Å²) >= 11 is 0. The summed E-state index contributed by atoms with van der Waals surface area (Å²) in [5, 5.41) is 5.98. The van der Waals surface area contributed by atoms with Gasteiger partial charge in [0.25, 0.3) is 0 Å². The SMILES string of the molecule is CC(=O)NCCOc1ccc(Nc2cc(N3CCCC3)ncn2)cc1. The molecule has 1 aromatic carbocycles. The third kappa shape index (κ3) is 5.07. The Morgan fingerprint density at radius 3 is 2.68 bits per heavy atom. The highest BCUT2D eigenvalue weighted by atomic mass is 16.5. The van der Waals surface area contributed by atoms with Crippen molar-refractivity contribution >= 4 is 23.2 Å². The predicted molar refractivity (Wildman–Crippen MR) is 97.4 cm³/mol. The molecular formula is C18H23N5O2. The highest BCUT2D eigenvalue weighted by molar-refractivity contribution is 5.72. The van der Waals surface area contributed by atoms with Crippen LogP contribution >= 0.6 is 0 Å². The molecular weight excluding hydrogens is 318 g/mol. The van der Waals surface area contributed by atoms with E-state index in [-0.39, 0.29) is 5.91 Å². The molecule has 2 aromatic rings. The number of carbonyl (C=O) groups excluding carboxylic acids is 1. The summed E-state index contributed by atoms with van der Waals surface area (Å²) in [5.41, 5.74) is 0.931. The highest BCUT2D eigenvalue weighted by Gasteiger charge is 2.14. The average Bonchev–Trinajstić information content (AvgIpc) is 3.15. The summed E-state index contributed by atoms with van der Waals surface area (Å²) in [7, 11) is 0. The standard InChI is InChI=1S/C18H23N5O2/c1-14(24)19-8-11-25-16-6-4-15(5-7-16)22-17-12-18(21-13-20-17)23-9-2-3-10-23/h4-7,12-13H,2-3,8-11H2,1H3,(H,19,24)(H,20,21,22). The van der Waals surface area contributed by atoms with Crippen LogP contribution in [0, 0.1) is 0 Å². The molecule has 0 radical (unpaired) electrons. The number of aromatic nitrogens is 2. The fourth-order valence-corrected chi connectivity index (χ4v) is 2.71. The van der Waals surface area contributed by atoms with Gasteiger partial charge in [0.05, 0.1) is 6.54 Å². The molecule has 1 aliphatic rings. The van der Waals surface area contributed by atoms with Crippen LogP contribution in [0.4, 0.5) is 17.3 Å². The Bertz CT molecular complexity index is 699. The molecule has 7 heteroatoms. The minimum absolute atomic E-state index is 0.0544. The fourth-order valence-electron chi connectivity index (χ4n) is 2.71. The number of anilines is 3. The Morgan fingerprint density at radius 1 is 1.20 bits per heavy atom. The molecule has 2 heterocycles. The summed E-state index contributed by atoms with van der Waals surface area (Å²) in [6.07, 6.45) is 4.03. The first kappa shape index (κ1) is 17.0. The smallest absolute Gasteiger partial charge is 0.216 e. The molecule has 0 aliphatic carbocycles. The van der Waals surface area contributed by atoms with Crippen molar-refractivity contribution in [3.63, 3.8) is 0 Å². The number of benzene rings is 1. The predicted octanol–water partition coefficient (Wildman–Crippen LogP) is 2.34. The fraction of sp³-hybridized carbons (Fsp3) is 0.389. The van der Waals surface area contributed by atoms with Crippen molar-refractivity contribution in [3.05, 3.63) is 36.7 Å². The zero-order valence-electron chi connectivity index (χ0n) is 14.4. The van der Waals surface area contributed by atoms with Gasteiger partial charge in [0.2, 0.25) is 5.91 Å². The van der Waals surface area contributed by atoms with E-state index in [1.165, 1.54) is 19.8 Å². The van der Waals surface area contributed by atoms with Gasteiger partial charge < -0.3 is 20.3 Å². The molecule has 0 atom stereocenters. The first-order valence-electron chi connectivity index (χ1n) is 8.52. The molecule has 1 aliphatic heterocycles. The van der Waals surface area contributed by atoms with E-state index in [0.29, 0.717) is 13.2 Å². The molecule has 1 fully saturated rings. The van der Waals surface area contributed by atoms with Crippen molar-refractivity contribution < 1.29 is 9.53 Å². The number of ether oxygens (including phenoxy) is 1. The molecule has 0 spiro atoms. The van der Waals surface area contributed by atoms with E-state index in [1.54, 1.807) is 6.33 Å². The Kier molecular flexibility index (Phi) is 5.66. The maximum atomic E-state index is 10.8. The Balaban J connectivity index is 1.54. The van der Waals surface area contributed by atoms with Crippen LogP contribution in [0.5, 0.6) is 5.75 Å². The van der Waals surface area contributed by atoms with Gasteiger partial charge in [0.1, 0.15) is 30.3 Å². The maximum absolute atomic E-state index is 10.8. The van der Waals surface area contributed by atoms with Crippen molar-refractivity contribution in [2.75, 3.05) is 36.5 Å². The minimum atomic E-state index is -0.0544. The molecule has 0 bridgehead atoms. The molecule has 1 amide bonds. The number of nitrogens with one attached hydrogen (secondary N) is 2. The zero-order chi connectivity index (χ0) is 17.5. The van der Waals surface area contributed by atoms with E-state index in [4.69, 9.17) is 4.74 Å². The summed E-state index contributed by atoms with van der Waals surface area (Å²) < 4.78 is 5.57. The van der Waals surface area contributed by atoms with Gasteiger partial charge in [-0.15, -0.1) is 0 Å². The third-order valence-corrected chi connectivity index (χ3v) is 3.95. The molecule has 132 valence electrons. The topological polar surface area (TPSA) is 79.4 Å². The second kappa shape index (κ2) is 8.32. The summed E-state index contributed by atoms with van der Waals surface area (Å²) in [6, 6.07) is 9.62. The third-order valence-electron chi connectivity index (χ3n) is 3.95. The van der Waals surface area contributed by atoms with E-state index in [0.717, 1.165) is 36.2 Å². The van der Waals surface area contributed by atoms with Gasteiger partial charge in [-0.2, -0.15) is 0 Å². The lowest BCUT2D eigenvalue weighted by molar-refractivity contribution is -0.119. The Morgan fingerprint density at radius 2 is 1.96 bits per heavy atom. The lowest BCUT2D eigenvalue weighted by atomic mass is 10.3. The lowest BCUT2D eigenvalue weighted by Crippen LogP contribution is -2.25. The monoisotopic (exact) mass is 341 g/mol. The van der Waals surface area contributed by atoms with Gasteiger partial charge in [-0.05, 0) is 37.1 Å². The van der Waals surface area contributed by atoms with Gasteiger partial charge in [-0.25, -0.2) is 9.97 Å². The Labute approximate surface area is 147 Å². The number of carbonyl (C=O) groups is 1. The molecule has 7 nitrogen and oxygen atoms in total. The quantitative estimate of drug-likeness (QED) is 0.753. The molecule has 2 N–H and O–H groups in total. The van der Waals surface area contributed by atoms with Gasteiger partial charge in [-0.3, -0.25) is 4.79 Å². The van der Waals surface area contributed by atoms with Crippen molar-refractivity contribution in [2.24, 2.45) is 0 Å². The zero-order valence-corrected chi connectivity index (χ0v) is 14.4. The lowest BCUT2D eigenvalue weighted by Gasteiger charge is -2.16. The van der Waals surface area contributed by atoms with E-state index in [2.05, 4.69) is 25.5 Å². The van der Waals surface area contributed by atoms with E-state index in [9.17, 15) is 4.79 Å². The average molecular weight is 341 g/mol. The first-order valence-corrected chi connectivity index (χ1v) is 8.52. The van der Waals surface area contributed by atoms with Crippen LogP contribution < -0.4 is 20.3 Å². The van der Waals surface area contributed by atoms with E-state index < -0.39 is 0 Å². The second-order valence-electron chi connectivity index (χ2n) is 5.94. The van der Waals surface area contributed by atoms with Crippen LogP contribution in [0.3, 0.4) is 0 Å². The number of hydrogen-bond donors (Lipinski definition) is 2. The van der Waals surface area contributed by atoms with Crippen LogP contribution in [0.2, 0.25) is 0 Å². The summed E-state index contributed by atoms with van der Waals surface area (Å²) in [6.45, 7) is 4.54. The van der Waals surface area contributed by atoms with Crippen LogP contribution in [0.25, 0.3) is 0 Å². The van der Waals surface area contributed by atoms with Crippen LogP contribution in [0.1, 0.15) is 19.8 Å². The van der Waals surface area contributed by atoms with Gasteiger partial charge in [-0.1, -0.05) is 0 Å². The van der Waals surface area contributed by atoms with Crippen LogP contribution in [-0.4, -0.2) is 42.1 Å². The Hall–Kier alpha value is -2.83. The van der Waals surface area contributed by atoms with Crippen molar-refractivity contribution in [3.8, 4) is 5.75 Å². The molecule has 3 rings (SSSR count). The highest BCUT2D eigenvalue weighted by Crippen LogP contribution is 2.22. The van der Waals surface area contributed by atoms with Gasteiger partial charge >= 0.3 is 0 Å². The van der Waals surface area contributed by atoms with Crippen LogP contribution in [0.15, 0.2) is 36.7 Å². The van der Waals surface area contributed by atoms with Gasteiger partial charge in [0.15, 0.2) is 0 Å². The molecule has 25 heavy (non-hydrogen) atoms. The van der Waals surface area contributed by atoms with E-state index in [1.807, 2.05) is 30.3 Å². The molecule has 0 saturated carbocycles. The maximum Gasteiger partial charge on any atom is 0.216 e. The van der Waals surface area contributed by atoms with Crippen LogP contribution in [-0.2, 0) is 4.79 Å². The number of nitrogens with zero attached hydrogens (tertiary/aromatic N) is 3. The largest absolute Gasteiger partial charge is 0.492 e. The van der Waals surface area contributed by atoms with Crippen molar-refractivity contribution in [1.82, 2.24) is 15.3 Å². The minimum Gasteiger partial charge on any atom is -0.492 e. The van der Waals surface area contributed by atoms with Crippen molar-refractivity contribution in [1.29, 1.82) is 0 Å². The second-order valence-corrected chi connectivity index (χ2v) is 5.94.